The molecule has 186 valence electrons. The number of amides is 2. The molecule has 1 unspecified atom stereocenters. The van der Waals surface area contributed by atoms with Crippen LogP contribution in [0.5, 0.6) is 0 Å². The second kappa shape index (κ2) is 9.13. The Morgan fingerprint density at radius 1 is 0.838 bits per heavy atom. The van der Waals surface area contributed by atoms with Crippen molar-refractivity contribution in [2.24, 2.45) is 0 Å². The molecule has 0 saturated heterocycles. The Morgan fingerprint density at radius 3 is 1.92 bits per heavy atom. The average Bonchev–Trinajstić information content (AvgIpc) is 3.36. The minimum Gasteiger partial charge on any atom is -0.481 e. The highest BCUT2D eigenvalue weighted by molar-refractivity contribution is 6.24. The van der Waals surface area contributed by atoms with Crippen LogP contribution >= 0.6 is 0 Å². The lowest BCUT2D eigenvalue weighted by Crippen LogP contribution is -2.42. The summed E-state index contributed by atoms with van der Waals surface area (Å²) in [5.74, 6) is -2.37. The zero-order chi connectivity index (χ0) is 26.4. The molecule has 5 rings (SSSR count). The van der Waals surface area contributed by atoms with Gasteiger partial charge in [0.2, 0.25) is 0 Å². The minimum atomic E-state index is -1.03. The first-order chi connectivity index (χ1) is 17.7. The van der Waals surface area contributed by atoms with Crippen molar-refractivity contribution in [1.29, 1.82) is 0 Å². The molecule has 1 atom stereocenters. The van der Waals surface area contributed by atoms with Crippen LogP contribution < -0.4 is 0 Å². The van der Waals surface area contributed by atoms with Crippen molar-refractivity contribution in [3.05, 3.63) is 82.9 Å². The van der Waals surface area contributed by atoms with Gasteiger partial charge in [0.05, 0.1) is 17.5 Å². The van der Waals surface area contributed by atoms with Crippen molar-refractivity contribution in [2.45, 2.75) is 39.3 Å². The molecule has 37 heavy (non-hydrogen) atoms. The molecule has 0 saturated carbocycles. The number of carbonyl (C=O) groups is 5. The van der Waals surface area contributed by atoms with Gasteiger partial charge in [-0.3, -0.25) is 28.9 Å². The number of imide groups is 1. The van der Waals surface area contributed by atoms with Gasteiger partial charge in [0, 0.05) is 45.9 Å². The van der Waals surface area contributed by atoms with Crippen molar-refractivity contribution in [3.8, 4) is 0 Å². The molecule has 0 spiro atoms. The average molecular weight is 497 g/mol. The summed E-state index contributed by atoms with van der Waals surface area (Å²) < 4.78 is 1.86. The lowest BCUT2D eigenvalue weighted by molar-refractivity contribution is -0.137. The van der Waals surface area contributed by atoms with E-state index in [1.807, 2.05) is 4.57 Å². The Balaban J connectivity index is 1.58. The lowest BCUT2D eigenvalue weighted by Gasteiger charge is -2.21. The Bertz CT molecular complexity index is 1610. The predicted octanol–water partition coefficient (Wildman–Crippen LogP) is 4.73. The lowest BCUT2D eigenvalue weighted by atomic mass is 10.0. The van der Waals surface area contributed by atoms with E-state index < -0.39 is 29.6 Å². The summed E-state index contributed by atoms with van der Waals surface area (Å²) in [5.41, 5.74) is 2.86. The van der Waals surface area contributed by atoms with E-state index in [0.29, 0.717) is 22.9 Å². The minimum absolute atomic E-state index is 0.0280. The first kappa shape index (κ1) is 24.1. The van der Waals surface area contributed by atoms with E-state index in [4.69, 9.17) is 0 Å². The number of carboxylic acid groups (broad SMARTS) is 1. The monoisotopic (exact) mass is 496 g/mol. The second-order valence-corrected chi connectivity index (χ2v) is 9.10. The summed E-state index contributed by atoms with van der Waals surface area (Å²) in [5, 5.41) is 10.6. The van der Waals surface area contributed by atoms with Gasteiger partial charge in [0.15, 0.2) is 11.6 Å². The molecular formula is C29H24N2O6. The van der Waals surface area contributed by atoms with Gasteiger partial charge in [-0.05, 0) is 55.5 Å². The highest BCUT2D eigenvalue weighted by Crippen LogP contribution is 2.32. The topological polar surface area (TPSA) is 114 Å². The summed E-state index contributed by atoms with van der Waals surface area (Å²) in [6.07, 6.45) is 0.247. The number of ketones is 2. The standard InChI is InChI=1S/C29H24N2O6/c1-3-25(32)17-8-10-23-21(14-17)22-15-18(9-11-24(22)30(23)13-12-26(33)34)27(35)16(2)31-28(36)19-6-4-5-7-20(19)29(31)37/h4-11,14-16H,3,12-13H2,1-2H3,(H,33,34). The van der Waals surface area contributed by atoms with Crippen LogP contribution in [0.2, 0.25) is 0 Å². The number of fused-ring (bicyclic) bond motifs is 4. The van der Waals surface area contributed by atoms with Crippen molar-refractivity contribution in [3.63, 3.8) is 0 Å². The molecule has 1 aromatic heterocycles. The number of carbonyl (C=O) groups excluding carboxylic acids is 4. The summed E-state index contributed by atoms with van der Waals surface area (Å²) in [6, 6.07) is 15.8. The van der Waals surface area contributed by atoms with Gasteiger partial charge in [-0.1, -0.05) is 19.1 Å². The third kappa shape index (κ3) is 3.91. The number of carboxylic acids is 1. The molecule has 1 N–H and O–H groups in total. The van der Waals surface area contributed by atoms with Crippen LogP contribution in [0.4, 0.5) is 0 Å². The van der Waals surface area contributed by atoms with Gasteiger partial charge < -0.3 is 9.67 Å². The summed E-state index contributed by atoms with van der Waals surface area (Å²) >= 11 is 0. The Kier molecular flexibility index (Phi) is 5.95. The van der Waals surface area contributed by atoms with E-state index in [2.05, 4.69) is 0 Å². The molecule has 0 bridgehead atoms. The van der Waals surface area contributed by atoms with Crippen molar-refractivity contribution in [1.82, 2.24) is 9.47 Å². The Labute approximate surface area is 212 Å². The molecule has 0 aliphatic carbocycles. The molecule has 0 fully saturated rings. The maximum absolute atomic E-state index is 13.5. The van der Waals surface area contributed by atoms with E-state index in [1.54, 1.807) is 67.6 Å². The Morgan fingerprint density at radius 2 is 1.38 bits per heavy atom. The smallest absolute Gasteiger partial charge is 0.305 e. The molecule has 2 heterocycles. The van der Waals surface area contributed by atoms with Crippen molar-refractivity contribution < 1.29 is 29.1 Å². The number of aliphatic carboxylic acids is 1. The number of hydrogen-bond donors (Lipinski definition) is 1. The van der Waals surface area contributed by atoms with Gasteiger partial charge in [0.25, 0.3) is 11.8 Å². The number of hydrogen-bond acceptors (Lipinski definition) is 5. The first-order valence-corrected chi connectivity index (χ1v) is 12.0. The molecule has 0 radical (unpaired) electrons. The van der Waals surface area contributed by atoms with E-state index >= 15 is 0 Å². The van der Waals surface area contributed by atoms with Crippen LogP contribution in [0.25, 0.3) is 21.8 Å². The fraction of sp³-hybridized carbons (Fsp3) is 0.207. The number of nitrogens with zero attached hydrogens (tertiary/aromatic N) is 2. The molecule has 4 aromatic rings. The fourth-order valence-electron chi connectivity index (χ4n) is 5.00. The van der Waals surface area contributed by atoms with Gasteiger partial charge in [0.1, 0.15) is 6.04 Å². The van der Waals surface area contributed by atoms with Crippen LogP contribution in [-0.4, -0.2) is 50.0 Å². The zero-order valence-corrected chi connectivity index (χ0v) is 20.4. The van der Waals surface area contributed by atoms with Gasteiger partial charge in [-0.15, -0.1) is 0 Å². The van der Waals surface area contributed by atoms with Crippen molar-refractivity contribution >= 4 is 51.2 Å². The SMILES string of the molecule is CCC(=O)c1ccc2c(c1)c1cc(C(=O)C(C)N3C(=O)c4ccccc4C3=O)ccc1n2CCC(=O)O. The summed E-state index contributed by atoms with van der Waals surface area (Å²) in [4.78, 5) is 63.9. The predicted molar refractivity (Wildman–Crippen MR) is 137 cm³/mol. The number of aromatic nitrogens is 1. The third-order valence-electron chi connectivity index (χ3n) is 6.93. The third-order valence-corrected chi connectivity index (χ3v) is 6.93. The van der Waals surface area contributed by atoms with Crippen molar-refractivity contribution in [2.75, 3.05) is 0 Å². The largest absolute Gasteiger partial charge is 0.481 e. The molecule has 8 nitrogen and oxygen atoms in total. The van der Waals surface area contributed by atoms with E-state index in [-0.39, 0.29) is 29.9 Å². The zero-order valence-electron chi connectivity index (χ0n) is 20.4. The molecule has 1 aliphatic heterocycles. The molecule has 2 amide bonds. The van der Waals surface area contributed by atoms with Crippen LogP contribution in [0.3, 0.4) is 0 Å². The fourth-order valence-corrected chi connectivity index (χ4v) is 5.00. The molecular weight excluding hydrogens is 472 g/mol. The summed E-state index contributed by atoms with van der Waals surface area (Å²) in [6.45, 7) is 3.53. The van der Waals surface area contributed by atoms with E-state index in [9.17, 15) is 29.1 Å². The highest BCUT2D eigenvalue weighted by Gasteiger charge is 2.40. The molecule has 8 heteroatoms. The van der Waals surface area contributed by atoms with E-state index in [1.165, 1.54) is 6.92 Å². The van der Waals surface area contributed by atoms with Crippen LogP contribution in [-0.2, 0) is 11.3 Å². The molecule has 1 aliphatic rings. The number of benzene rings is 3. The highest BCUT2D eigenvalue weighted by atomic mass is 16.4. The van der Waals surface area contributed by atoms with Crippen LogP contribution in [0, 0.1) is 0 Å². The second-order valence-electron chi connectivity index (χ2n) is 9.10. The number of aryl methyl sites for hydroxylation is 1. The first-order valence-electron chi connectivity index (χ1n) is 12.0. The van der Waals surface area contributed by atoms with Gasteiger partial charge in [-0.25, -0.2) is 0 Å². The normalized spacial score (nSPS) is 13.8. The molecule has 3 aromatic carbocycles. The quantitative estimate of drug-likeness (QED) is 0.279. The summed E-state index contributed by atoms with van der Waals surface area (Å²) in [7, 11) is 0. The maximum atomic E-state index is 13.5. The number of Topliss-reactive ketones (excluding diaryl/α,β-unsaturated/α-hetero) is 2. The maximum Gasteiger partial charge on any atom is 0.305 e. The van der Waals surface area contributed by atoms with Gasteiger partial charge in [-0.2, -0.15) is 0 Å². The van der Waals surface area contributed by atoms with Crippen LogP contribution in [0.15, 0.2) is 60.7 Å². The Hall–Kier alpha value is -4.59. The van der Waals surface area contributed by atoms with E-state index in [0.717, 1.165) is 21.3 Å². The number of rotatable bonds is 8. The van der Waals surface area contributed by atoms with Crippen LogP contribution in [0.1, 0.15) is 68.1 Å². The van der Waals surface area contributed by atoms with Gasteiger partial charge >= 0.3 is 5.97 Å².